The Morgan fingerprint density at radius 3 is 2.86 bits per heavy atom. The maximum absolute atomic E-state index is 12.9. The van der Waals surface area contributed by atoms with Gasteiger partial charge < -0.3 is 9.30 Å². The van der Waals surface area contributed by atoms with Crippen molar-refractivity contribution in [2.75, 3.05) is 19.7 Å². The van der Waals surface area contributed by atoms with Crippen LogP contribution in [-0.4, -0.2) is 34.1 Å². The third kappa shape index (κ3) is 3.85. The summed E-state index contributed by atoms with van der Waals surface area (Å²) in [5.74, 6) is 2.12. The van der Waals surface area contributed by atoms with Gasteiger partial charge in [-0.25, -0.2) is 9.37 Å². The molecule has 0 N–H and O–H groups in total. The number of imidazole rings is 1. The Morgan fingerprint density at radius 2 is 2.14 bits per heavy atom. The van der Waals surface area contributed by atoms with Crippen molar-refractivity contribution >= 4 is 0 Å². The molecule has 1 saturated heterocycles. The first kappa shape index (κ1) is 15.0. The Balaban J connectivity index is 1.50. The van der Waals surface area contributed by atoms with Gasteiger partial charge in [0.2, 0.25) is 0 Å². The summed E-state index contributed by atoms with van der Waals surface area (Å²) in [5.41, 5.74) is 0. The fourth-order valence-corrected chi connectivity index (χ4v) is 2.92. The standard InChI is InChI=1S/C17H22FN3O/c1-20-10-8-19-17(20)12-21-9-2-3-14(11-21)13-22-16-6-4-15(18)5-7-16/h4-8,10,14H,2-3,9,11-13H2,1H3/t14-/m0/s1. The summed E-state index contributed by atoms with van der Waals surface area (Å²) in [6.45, 7) is 3.70. The van der Waals surface area contributed by atoms with E-state index in [4.69, 9.17) is 4.74 Å². The zero-order chi connectivity index (χ0) is 15.4. The molecule has 1 atom stereocenters. The highest BCUT2D eigenvalue weighted by Crippen LogP contribution is 2.20. The van der Waals surface area contributed by atoms with Gasteiger partial charge in [-0.3, -0.25) is 4.90 Å². The zero-order valence-corrected chi connectivity index (χ0v) is 12.9. The van der Waals surface area contributed by atoms with Gasteiger partial charge in [0.15, 0.2) is 0 Å². The lowest BCUT2D eigenvalue weighted by molar-refractivity contribution is 0.122. The molecule has 2 heterocycles. The Hall–Kier alpha value is -1.88. The van der Waals surface area contributed by atoms with E-state index in [1.165, 1.54) is 25.0 Å². The number of aromatic nitrogens is 2. The van der Waals surface area contributed by atoms with Crippen molar-refractivity contribution in [3.63, 3.8) is 0 Å². The van der Waals surface area contributed by atoms with Crippen LogP contribution in [0.3, 0.4) is 0 Å². The lowest BCUT2D eigenvalue weighted by Crippen LogP contribution is -2.37. The molecule has 1 fully saturated rings. The van der Waals surface area contributed by atoms with Crippen LogP contribution in [-0.2, 0) is 13.6 Å². The highest BCUT2D eigenvalue weighted by Gasteiger charge is 2.21. The quantitative estimate of drug-likeness (QED) is 0.851. The summed E-state index contributed by atoms with van der Waals surface area (Å²) < 4.78 is 20.7. The van der Waals surface area contributed by atoms with E-state index < -0.39 is 0 Å². The van der Waals surface area contributed by atoms with Crippen LogP contribution >= 0.6 is 0 Å². The number of nitrogens with zero attached hydrogens (tertiary/aromatic N) is 3. The summed E-state index contributed by atoms with van der Waals surface area (Å²) in [4.78, 5) is 6.83. The molecule has 3 rings (SSSR count). The van der Waals surface area contributed by atoms with E-state index in [1.807, 2.05) is 19.4 Å². The first-order valence-electron chi connectivity index (χ1n) is 7.77. The van der Waals surface area contributed by atoms with Gasteiger partial charge in [-0.05, 0) is 43.7 Å². The number of likely N-dealkylation sites (tertiary alicyclic amines) is 1. The van der Waals surface area contributed by atoms with Crippen LogP contribution in [0.25, 0.3) is 0 Å². The summed E-state index contributed by atoms with van der Waals surface area (Å²) in [6, 6.07) is 6.24. The molecule has 118 valence electrons. The van der Waals surface area contributed by atoms with Crippen LogP contribution in [0.1, 0.15) is 18.7 Å². The lowest BCUT2D eigenvalue weighted by Gasteiger charge is -2.32. The predicted molar refractivity (Wildman–Crippen MR) is 83.1 cm³/mol. The van der Waals surface area contributed by atoms with E-state index in [9.17, 15) is 4.39 Å². The molecule has 1 aromatic heterocycles. The molecule has 0 unspecified atom stereocenters. The number of aryl methyl sites for hydroxylation is 1. The van der Waals surface area contributed by atoms with Crippen LogP contribution in [0.4, 0.5) is 4.39 Å². The number of rotatable bonds is 5. The molecule has 0 aliphatic carbocycles. The smallest absolute Gasteiger partial charge is 0.123 e. The number of piperidine rings is 1. The molecule has 0 spiro atoms. The molecule has 0 saturated carbocycles. The lowest BCUT2D eigenvalue weighted by atomic mass is 9.99. The van der Waals surface area contributed by atoms with E-state index >= 15 is 0 Å². The van der Waals surface area contributed by atoms with Crippen molar-refractivity contribution in [1.29, 1.82) is 0 Å². The number of ether oxygens (including phenoxy) is 1. The third-order valence-electron chi connectivity index (χ3n) is 4.19. The van der Waals surface area contributed by atoms with E-state index in [-0.39, 0.29) is 5.82 Å². The molecule has 0 radical (unpaired) electrons. The van der Waals surface area contributed by atoms with E-state index in [0.717, 1.165) is 31.2 Å². The molecule has 2 aromatic rings. The predicted octanol–water partition coefficient (Wildman–Crippen LogP) is 2.85. The Kier molecular flexibility index (Phi) is 4.73. The van der Waals surface area contributed by atoms with Crippen LogP contribution in [0, 0.1) is 11.7 Å². The van der Waals surface area contributed by atoms with Gasteiger partial charge in [-0.1, -0.05) is 0 Å². The molecule has 0 bridgehead atoms. The van der Waals surface area contributed by atoms with E-state index in [1.54, 1.807) is 12.1 Å². The highest BCUT2D eigenvalue weighted by molar-refractivity contribution is 5.22. The van der Waals surface area contributed by atoms with Crippen molar-refractivity contribution in [3.8, 4) is 5.75 Å². The van der Waals surface area contributed by atoms with Gasteiger partial charge in [0.05, 0.1) is 13.2 Å². The van der Waals surface area contributed by atoms with E-state index in [0.29, 0.717) is 12.5 Å². The second-order valence-corrected chi connectivity index (χ2v) is 5.96. The third-order valence-corrected chi connectivity index (χ3v) is 4.19. The minimum Gasteiger partial charge on any atom is -0.493 e. The first-order valence-corrected chi connectivity index (χ1v) is 7.77. The highest BCUT2D eigenvalue weighted by atomic mass is 19.1. The maximum Gasteiger partial charge on any atom is 0.123 e. The van der Waals surface area contributed by atoms with Gasteiger partial charge in [-0.2, -0.15) is 0 Å². The van der Waals surface area contributed by atoms with Gasteiger partial charge in [0.1, 0.15) is 17.4 Å². The van der Waals surface area contributed by atoms with E-state index in [2.05, 4.69) is 14.5 Å². The molecule has 1 aromatic carbocycles. The largest absolute Gasteiger partial charge is 0.493 e. The average molecular weight is 303 g/mol. The molecule has 0 amide bonds. The van der Waals surface area contributed by atoms with Gasteiger partial charge in [-0.15, -0.1) is 0 Å². The van der Waals surface area contributed by atoms with Gasteiger partial charge >= 0.3 is 0 Å². The van der Waals surface area contributed by atoms with Crippen LogP contribution in [0.15, 0.2) is 36.7 Å². The monoisotopic (exact) mass is 303 g/mol. The second kappa shape index (κ2) is 6.92. The zero-order valence-electron chi connectivity index (χ0n) is 12.9. The Bertz CT molecular complexity index is 596. The van der Waals surface area contributed by atoms with Crippen LogP contribution in [0.2, 0.25) is 0 Å². The molecule has 1 aliphatic rings. The van der Waals surface area contributed by atoms with Gasteiger partial charge in [0.25, 0.3) is 0 Å². The number of benzene rings is 1. The maximum atomic E-state index is 12.9. The first-order chi connectivity index (χ1) is 10.7. The average Bonchev–Trinajstić information content (AvgIpc) is 2.92. The molecular formula is C17H22FN3O. The number of hydrogen-bond acceptors (Lipinski definition) is 3. The van der Waals surface area contributed by atoms with Crippen molar-refractivity contribution in [2.45, 2.75) is 19.4 Å². The topological polar surface area (TPSA) is 30.3 Å². The normalized spacial score (nSPS) is 19.3. The minimum atomic E-state index is -0.230. The van der Waals surface area contributed by atoms with Gasteiger partial charge in [0, 0.05) is 31.9 Å². The minimum absolute atomic E-state index is 0.230. The Morgan fingerprint density at radius 1 is 1.32 bits per heavy atom. The summed E-state index contributed by atoms with van der Waals surface area (Å²) in [7, 11) is 2.03. The molecule has 1 aliphatic heterocycles. The number of hydrogen-bond donors (Lipinski definition) is 0. The summed E-state index contributed by atoms with van der Waals surface area (Å²) in [5, 5.41) is 0. The fourth-order valence-electron chi connectivity index (χ4n) is 2.92. The van der Waals surface area contributed by atoms with Crippen molar-refractivity contribution in [2.24, 2.45) is 13.0 Å². The van der Waals surface area contributed by atoms with Crippen molar-refractivity contribution < 1.29 is 9.13 Å². The molecular weight excluding hydrogens is 281 g/mol. The summed E-state index contributed by atoms with van der Waals surface area (Å²) >= 11 is 0. The van der Waals surface area contributed by atoms with Crippen molar-refractivity contribution in [3.05, 3.63) is 48.3 Å². The number of halogens is 1. The Labute approximate surface area is 130 Å². The SMILES string of the molecule is Cn1ccnc1CN1CCC[C@H](COc2ccc(F)cc2)C1. The fraction of sp³-hybridized carbons (Fsp3) is 0.471. The molecule has 4 nitrogen and oxygen atoms in total. The summed E-state index contributed by atoms with van der Waals surface area (Å²) in [6.07, 6.45) is 6.18. The molecule has 5 heteroatoms. The van der Waals surface area contributed by atoms with Crippen LogP contribution in [0.5, 0.6) is 5.75 Å². The van der Waals surface area contributed by atoms with Crippen molar-refractivity contribution in [1.82, 2.24) is 14.5 Å². The second-order valence-electron chi connectivity index (χ2n) is 5.96. The molecule has 22 heavy (non-hydrogen) atoms. The van der Waals surface area contributed by atoms with Crippen LogP contribution < -0.4 is 4.74 Å².